The van der Waals surface area contributed by atoms with Gasteiger partial charge in [0.2, 0.25) is 0 Å². The zero-order chi connectivity index (χ0) is 21.8. The van der Waals surface area contributed by atoms with Gasteiger partial charge in [0.25, 0.3) is 5.91 Å². The van der Waals surface area contributed by atoms with E-state index in [4.69, 9.17) is 9.47 Å². The highest BCUT2D eigenvalue weighted by Gasteiger charge is 2.42. The highest BCUT2D eigenvalue weighted by Crippen LogP contribution is 2.38. The first-order chi connectivity index (χ1) is 15.1. The average Bonchev–Trinajstić information content (AvgIpc) is 3.07. The van der Waals surface area contributed by atoms with E-state index in [0.29, 0.717) is 26.3 Å². The van der Waals surface area contributed by atoms with Crippen molar-refractivity contribution >= 4 is 17.7 Å². The van der Waals surface area contributed by atoms with Crippen molar-refractivity contribution in [3.05, 3.63) is 59.7 Å². The third-order valence-electron chi connectivity index (χ3n) is 5.85. The minimum atomic E-state index is -0.277. The monoisotopic (exact) mass is 423 g/mol. The molecule has 0 radical (unpaired) electrons. The van der Waals surface area contributed by atoms with Crippen LogP contribution in [0, 0.1) is 0 Å². The summed E-state index contributed by atoms with van der Waals surface area (Å²) in [6, 6.07) is 15.6. The number of hydrogen-bond donors (Lipinski definition) is 1. The van der Waals surface area contributed by atoms with Gasteiger partial charge < -0.3 is 24.6 Å². The molecular weight excluding hydrogens is 394 g/mol. The summed E-state index contributed by atoms with van der Waals surface area (Å²) < 4.78 is 10.7. The van der Waals surface area contributed by atoms with Crippen LogP contribution in [0.3, 0.4) is 0 Å². The van der Waals surface area contributed by atoms with Gasteiger partial charge >= 0.3 is 6.09 Å². The van der Waals surface area contributed by atoms with Crippen LogP contribution in [0.1, 0.15) is 48.8 Å². The fourth-order valence-corrected chi connectivity index (χ4v) is 4.37. The van der Waals surface area contributed by atoms with Crippen LogP contribution >= 0.6 is 0 Å². The largest absolute Gasteiger partial charge is 0.494 e. The molecular formula is C24H29N3O4. The number of carbonyl (C=O) groups excluding carboxylic acids is 2. The number of nitrogens with one attached hydrogen (secondary N) is 1. The van der Waals surface area contributed by atoms with Gasteiger partial charge in [0, 0.05) is 35.9 Å². The summed E-state index contributed by atoms with van der Waals surface area (Å²) in [6.07, 6.45) is 0.918. The molecule has 2 amide bonds. The van der Waals surface area contributed by atoms with Gasteiger partial charge in [0.1, 0.15) is 11.9 Å². The molecule has 7 heteroatoms. The second-order valence-corrected chi connectivity index (χ2v) is 7.72. The highest BCUT2D eigenvalue weighted by atomic mass is 16.6. The van der Waals surface area contributed by atoms with Crippen molar-refractivity contribution in [3.63, 3.8) is 0 Å². The minimum Gasteiger partial charge on any atom is -0.494 e. The highest BCUT2D eigenvalue weighted by molar-refractivity contribution is 5.99. The van der Waals surface area contributed by atoms with Crippen molar-refractivity contribution in [2.24, 2.45) is 0 Å². The molecule has 164 valence electrons. The summed E-state index contributed by atoms with van der Waals surface area (Å²) in [5.74, 6) is 0.854. The normalized spacial score (nSPS) is 18.6. The van der Waals surface area contributed by atoms with Crippen molar-refractivity contribution < 1.29 is 19.1 Å². The van der Waals surface area contributed by atoms with Crippen LogP contribution in [-0.2, 0) is 4.74 Å². The number of likely N-dealkylation sites (tertiary alicyclic amines) is 1. The average molecular weight is 424 g/mol. The molecule has 31 heavy (non-hydrogen) atoms. The van der Waals surface area contributed by atoms with Gasteiger partial charge in [-0.15, -0.1) is 0 Å². The predicted octanol–water partition coefficient (Wildman–Crippen LogP) is 4.27. The molecule has 0 unspecified atom stereocenters. The van der Waals surface area contributed by atoms with Crippen LogP contribution in [-0.4, -0.2) is 54.1 Å². The molecule has 1 fully saturated rings. The van der Waals surface area contributed by atoms with E-state index in [0.717, 1.165) is 35.4 Å². The first-order valence-electron chi connectivity index (χ1n) is 10.9. The Labute approximate surface area is 182 Å². The molecule has 1 saturated heterocycles. The summed E-state index contributed by atoms with van der Waals surface area (Å²) >= 11 is 0. The molecule has 0 saturated carbocycles. The number of ether oxygens (including phenoxy) is 2. The molecule has 0 spiro atoms. The summed E-state index contributed by atoms with van der Waals surface area (Å²) in [5, 5.41) is 3.54. The fourth-order valence-electron chi connectivity index (χ4n) is 4.37. The number of rotatable bonds is 6. The van der Waals surface area contributed by atoms with Crippen LogP contribution in [0.25, 0.3) is 0 Å². The lowest BCUT2D eigenvalue weighted by Crippen LogP contribution is -2.49. The van der Waals surface area contributed by atoms with Gasteiger partial charge in [-0.05, 0) is 57.0 Å². The van der Waals surface area contributed by atoms with Crippen LogP contribution in [0.15, 0.2) is 48.5 Å². The fraction of sp³-hybridized carbons (Fsp3) is 0.417. The molecule has 1 atom stereocenters. The smallest absolute Gasteiger partial charge is 0.409 e. The Bertz CT molecular complexity index is 923. The number of fused-ring (bicyclic) bond motifs is 1. The standard InChI is InChI=1S/C24H29N3O4/c1-3-30-19-11-9-17(10-12-19)25-22-20-7-5-6-8-21(20)23(28)27(22)18-13-15-26(16-14-18)24(29)31-4-2/h5-12,18,22,25H,3-4,13-16H2,1-2H3/t22-/m1/s1. The van der Waals surface area contributed by atoms with E-state index in [2.05, 4.69) is 5.32 Å². The number of hydrogen-bond acceptors (Lipinski definition) is 5. The Kier molecular flexibility index (Phi) is 6.30. The number of amides is 2. The van der Waals surface area contributed by atoms with E-state index in [-0.39, 0.29) is 24.2 Å². The second-order valence-electron chi connectivity index (χ2n) is 7.72. The zero-order valence-corrected chi connectivity index (χ0v) is 18.0. The Hall–Kier alpha value is -3.22. The SMILES string of the molecule is CCOC(=O)N1CCC(N2C(=O)c3ccccc3[C@@H]2Nc2ccc(OCC)cc2)CC1. The molecule has 2 aliphatic rings. The van der Waals surface area contributed by atoms with Crippen molar-refractivity contribution in [3.8, 4) is 5.75 Å². The number of benzene rings is 2. The maximum Gasteiger partial charge on any atom is 0.409 e. The molecule has 0 aromatic heterocycles. The van der Waals surface area contributed by atoms with E-state index in [1.165, 1.54) is 0 Å². The lowest BCUT2D eigenvalue weighted by atomic mass is 10.0. The molecule has 2 aliphatic heterocycles. The number of carbonyl (C=O) groups is 2. The molecule has 0 bridgehead atoms. The summed E-state index contributed by atoms with van der Waals surface area (Å²) in [5.41, 5.74) is 2.64. The van der Waals surface area contributed by atoms with E-state index in [9.17, 15) is 9.59 Å². The molecule has 0 aliphatic carbocycles. The Balaban J connectivity index is 1.53. The van der Waals surface area contributed by atoms with Crippen molar-refractivity contribution in [1.29, 1.82) is 0 Å². The topological polar surface area (TPSA) is 71.1 Å². The molecule has 2 heterocycles. The van der Waals surface area contributed by atoms with Crippen LogP contribution < -0.4 is 10.1 Å². The third kappa shape index (κ3) is 4.31. The lowest BCUT2D eigenvalue weighted by molar-refractivity contribution is 0.0496. The summed E-state index contributed by atoms with van der Waals surface area (Å²) in [7, 11) is 0. The first-order valence-corrected chi connectivity index (χ1v) is 10.9. The van der Waals surface area contributed by atoms with Gasteiger partial charge in [0.05, 0.1) is 13.2 Å². The van der Waals surface area contributed by atoms with Gasteiger partial charge in [0.15, 0.2) is 0 Å². The lowest BCUT2D eigenvalue weighted by Gasteiger charge is -2.39. The Morgan fingerprint density at radius 3 is 2.42 bits per heavy atom. The van der Waals surface area contributed by atoms with Gasteiger partial charge in [-0.1, -0.05) is 18.2 Å². The van der Waals surface area contributed by atoms with Crippen LogP contribution in [0.5, 0.6) is 5.75 Å². The maximum atomic E-state index is 13.3. The van der Waals surface area contributed by atoms with Gasteiger partial charge in [-0.25, -0.2) is 4.79 Å². The second kappa shape index (κ2) is 9.29. The van der Waals surface area contributed by atoms with Crippen LogP contribution in [0.2, 0.25) is 0 Å². The quantitative estimate of drug-likeness (QED) is 0.751. The van der Waals surface area contributed by atoms with E-state index < -0.39 is 0 Å². The number of anilines is 1. The van der Waals surface area contributed by atoms with Crippen molar-refractivity contribution in [2.45, 2.75) is 38.9 Å². The first kappa shape index (κ1) is 21.0. The number of piperidine rings is 1. The van der Waals surface area contributed by atoms with Gasteiger partial charge in [-0.2, -0.15) is 0 Å². The van der Waals surface area contributed by atoms with E-state index >= 15 is 0 Å². The van der Waals surface area contributed by atoms with Gasteiger partial charge in [-0.3, -0.25) is 4.79 Å². The van der Waals surface area contributed by atoms with E-state index in [1.807, 2.05) is 67.3 Å². The molecule has 2 aromatic carbocycles. The summed E-state index contributed by atoms with van der Waals surface area (Å²) in [6.45, 7) is 5.92. The molecule has 7 nitrogen and oxygen atoms in total. The zero-order valence-electron chi connectivity index (χ0n) is 18.0. The number of nitrogens with zero attached hydrogens (tertiary/aromatic N) is 2. The third-order valence-corrected chi connectivity index (χ3v) is 5.85. The molecule has 2 aromatic rings. The van der Waals surface area contributed by atoms with E-state index in [1.54, 1.807) is 4.90 Å². The maximum absolute atomic E-state index is 13.3. The Morgan fingerprint density at radius 1 is 1.03 bits per heavy atom. The molecule has 4 rings (SSSR count). The summed E-state index contributed by atoms with van der Waals surface area (Å²) in [4.78, 5) is 29.0. The van der Waals surface area contributed by atoms with Crippen molar-refractivity contribution in [1.82, 2.24) is 9.80 Å². The van der Waals surface area contributed by atoms with Crippen LogP contribution in [0.4, 0.5) is 10.5 Å². The minimum absolute atomic E-state index is 0.0358. The predicted molar refractivity (Wildman–Crippen MR) is 118 cm³/mol. The molecule has 1 N–H and O–H groups in total. The van der Waals surface area contributed by atoms with Crippen molar-refractivity contribution in [2.75, 3.05) is 31.6 Å². The Morgan fingerprint density at radius 2 is 1.74 bits per heavy atom.